The van der Waals surface area contributed by atoms with Crippen LogP contribution in [0, 0.1) is 6.92 Å². The molecule has 21 heavy (non-hydrogen) atoms. The lowest BCUT2D eigenvalue weighted by Gasteiger charge is -2.37. The minimum absolute atomic E-state index is 0.0966. The quantitative estimate of drug-likeness (QED) is 0.851. The van der Waals surface area contributed by atoms with Crippen molar-refractivity contribution < 1.29 is 9.21 Å². The monoisotopic (exact) mass is 285 g/mol. The van der Waals surface area contributed by atoms with Crippen LogP contribution in [0.15, 0.2) is 34.7 Å². The molecule has 0 unspecified atom stereocenters. The summed E-state index contributed by atoms with van der Waals surface area (Å²) < 4.78 is 5.58. The smallest absolute Gasteiger partial charge is 0.253 e. The summed E-state index contributed by atoms with van der Waals surface area (Å²) in [5, 5.41) is 8.06. The highest BCUT2D eigenvalue weighted by molar-refractivity contribution is 5.94. The summed E-state index contributed by atoms with van der Waals surface area (Å²) in [6.07, 6.45) is 1.68. The lowest BCUT2D eigenvalue weighted by molar-refractivity contribution is 0.0657. The molecule has 1 aliphatic heterocycles. The number of benzene rings is 1. The van der Waals surface area contributed by atoms with E-state index in [0.29, 0.717) is 24.9 Å². The summed E-state index contributed by atoms with van der Waals surface area (Å²) in [6, 6.07) is 9.42. The van der Waals surface area contributed by atoms with Crippen molar-refractivity contribution in [3.8, 4) is 0 Å². The Balaban J connectivity index is 1.69. The minimum Gasteiger partial charge on any atom is -0.425 e. The zero-order chi connectivity index (χ0) is 14.9. The first-order valence-corrected chi connectivity index (χ1v) is 7.23. The number of piperidine rings is 1. The molecule has 0 spiro atoms. The Bertz CT molecular complexity index is 628. The van der Waals surface area contributed by atoms with Gasteiger partial charge in [-0.25, -0.2) is 0 Å². The van der Waals surface area contributed by atoms with E-state index in [1.54, 1.807) is 6.92 Å². The fourth-order valence-corrected chi connectivity index (χ4v) is 2.72. The average Bonchev–Trinajstić information content (AvgIpc) is 2.96. The van der Waals surface area contributed by atoms with E-state index in [9.17, 15) is 4.79 Å². The standard InChI is InChI=1S/C16H19N3O2/c1-12-17-18-15(21-12)16(2)8-10-19(11-9-16)14(20)13-6-4-3-5-7-13/h3-7H,8-11H2,1-2H3. The molecule has 0 atom stereocenters. The number of carbonyl (C=O) groups excluding carboxylic acids is 1. The highest BCUT2D eigenvalue weighted by atomic mass is 16.4. The predicted octanol–water partition coefficient (Wildman–Crippen LogP) is 2.57. The van der Waals surface area contributed by atoms with Crippen molar-refractivity contribution in [1.29, 1.82) is 0 Å². The molecule has 2 heterocycles. The Kier molecular flexibility index (Phi) is 3.49. The second kappa shape index (κ2) is 5.31. The summed E-state index contributed by atoms with van der Waals surface area (Å²) in [6.45, 7) is 5.36. The van der Waals surface area contributed by atoms with Crippen molar-refractivity contribution in [3.05, 3.63) is 47.7 Å². The topological polar surface area (TPSA) is 59.2 Å². The maximum absolute atomic E-state index is 12.4. The third kappa shape index (κ3) is 2.68. The Morgan fingerprint density at radius 3 is 2.43 bits per heavy atom. The number of carbonyl (C=O) groups is 1. The van der Waals surface area contributed by atoms with Crippen LogP contribution in [0.2, 0.25) is 0 Å². The van der Waals surface area contributed by atoms with E-state index in [1.807, 2.05) is 35.2 Å². The minimum atomic E-state index is -0.130. The fraction of sp³-hybridized carbons (Fsp3) is 0.438. The van der Waals surface area contributed by atoms with Crippen LogP contribution >= 0.6 is 0 Å². The van der Waals surface area contributed by atoms with Gasteiger partial charge in [-0.15, -0.1) is 10.2 Å². The molecule has 2 aromatic rings. The summed E-state index contributed by atoms with van der Waals surface area (Å²) in [5.41, 5.74) is 0.615. The van der Waals surface area contributed by atoms with Gasteiger partial charge in [0.1, 0.15) is 0 Å². The van der Waals surface area contributed by atoms with Gasteiger partial charge in [-0.05, 0) is 25.0 Å². The molecule has 1 saturated heterocycles. The zero-order valence-corrected chi connectivity index (χ0v) is 12.4. The number of hydrogen-bond acceptors (Lipinski definition) is 4. The van der Waals surface area contributed by atoms with E-state index in [-0.39, 0.29) is 11.3 Å². The van der Waals surface area contributed by atoms with Crippen molar-refractivity contribution in [3.63, 3.8) is 0 Å². The van der Waals surface area contributed by atoms with E-state index in [2.05, 4.69) is 17.1 Å². The van der Waals surface area contributed by atoms with E-state index in [1.165, 1.54) is 0 Å². The van der Waals surface area contributed by atoms with E-state index < -0.39 is 0 Å². The first-order chi connectivity index (χ1) is 10.1. The molecular weight excluding hydrogens is 266 g/mol. The van der Waals surface area contributed by atoms with Gasteiger partial charge in [-0.3, -0.25) is 4.79 Å². The Morgan fingerprint density at radius 2 is 1.86 bits per heavy atom. The van der Waals surface area contributed by atoms with Crippen molar-refractivity contribution in [1.82, 2.24) is 15.1 Å². The fourth-order valence-electron chi connectivity index (χ4n) is 2.72. The number of amides is 1. The van der Waals surface area contributed by atoms with Crippen molar-refractivity contribution in [2.45, 2.75) is 32.1 Å². The lowest BCUT2D eigenvalue weighted by atomic mass is 9.80. The molecule has 0 saturated carbocycles. The molecular formula is C16H19N3O2. The molecule has 3 rings (SSSR count). The van der Waals surface area contributed by atoms with E-state index >= 15 is 0 Å². The van der Waals surface area contributed by atoms with Gasteiger partial charge in [0.2, 0.25) is 11.8 Å². The molecule has 0 N–H and O–H groups in total. The van der Waals surface area contributed by atoms with Gasteiger partial charge in [-0.2, -0.15) is 0 Å². The average molecular weight is 285 g/mol. The van der Waals surface area contributed by atoms with Crippen LogP contribution in [0.1, 0.15) is 41.9 Å². The molecule has 0 aliphatic carbocycles. The van der Waals surface area contributed by atoms with Gasteiger partial charge in [0.25, 0.3) is 5.91 Å². The first-order valence-electron chi connectivity index (χ1n) is 7.23. The van der Waals surface area contributed by atoms with E-state index in [0.717, 1.165) is 18.4 Å². The third-order valence-corrected chi connectivity index (χ3v) is 4.22. The molecule has 0 radical (unpaired) electrons. The van der Waals surface area contributed by atoms with Crippen LogP contribution in [0.3, 0.4) is 0 Å². The normalized spacial score (nSPS) is 17.7. The molecule has 1 fully saturated rings. The molecule has 1 amide bonds. The van der Waals surface area contributed by atoms with Crippen LogP contribution in [-0.2, 0) is 5.41 Å². The van der Waals surface area contributed by atoms with Gasteiger partial charge in [0.05, 0.1) is 0 Å². The zero-order valence-electron chi connectivity index (χ0n) is 12.4. The second-order valence-electron chi connectivity index (χ2n) is 5.85. The maximum atomic E-state index is 12.4. The van der Waals surface area contributed by atoms with Gasteiger partial charge in [0.15, 0.2) is 0 Å². The van der Waals surface area contributed by atoms with Crippen LogP contribution in [0.5, 0.6) is 0 Å². The van der Waals surface area contributed by atoms with Gasteiger partial charge < -0.3 is 9.32 Å². The SMILES string of the molecule is Cc1nnc(C2(C)CCN(C(=O)c3ccccc3)CC2)o1. The number of aryl methyl sites for hydroxylation is 1. The Hall–Kier alpha value is -2.17. The summed E-state index contributed by atoms with van der Waals surface area (Å²) in [5.74, 6) is 1.38. The lowest BCUT2D eigenvalue weighted by Crippen LogP contribution is -2.44. The van der Waals surface area contributed by atoms with Crippen molar-refractivity contribution >= 4 is 5.91 Å². The Labute approximate surface area is 124 Å². The molecule has 0 bridgehead atoms. The number of likely N-dealkylation sites (tertiary alicyclic amines) is 1. The van der Waals surface area contributed by atoms with Gasteiger partial charge >= 0.3 is 0 Å². The van der Waals surface area contributed by atoms with E-state index in [4.69, 9.17) is 4.42 Å². The van der Waals surface area contributed by atoms with Crippen LogP contribution in [-0.4, -0.2) is 34.1 Å². The summed E-state index contributed by atoms with van der Waals surface area (Å²) >= 11 is 0. The van der Waals surface area contributed by atoms with Gasteiger partial charge in [0, 0.05) is 31.0 Å². The third-order valence-electron chi connectivity index (χ3n) is 4.22. The Morgan fingerprint density at radius 1 is 1.19 bits per heavy atom. The van der Waals surface area contributed by atoms with Crippen LogP contribution in [0.4, 0.5) is 0 Å². The molecule has 5 heteroatoms. The largest absolute Gasteiger partial charge is 0.425 e. The molecule has 5 nitrogen and oxygen atoms in total. The van der Waals surface area contributed by atoms with Crippen molar-refractivity contribution in [2.24, 2.45) is 0 Å². The highest BCUT2D eigenvalue weighted by Gasteiger charge is 2.37. The first kappa shape index (κ1) is 13.8. The highest BCUT2D eigenvalue weighted by Crippen LogP contribution is 2.34. The number of hydrogen-bond donors (Lipinski definition) is 0. The number of aromatic nitrogens is 2. The molecule has 1 aromatic heterocycles. The number of nitrogens with zero attached hydrogens (tertiary/aromatic N) is 3. The van der Waals surface area contributed by atoms with Crippen molar-refractivity contribution in [2.75, 3.05) is 13.1 Å². The van der Waals surface area contributed by atoms with Crippen LogP contribution in [0.25, 0.3) is 0 Å². The van der Waals surface area contributed by atoms with Crippen LogP contribution < -0.4 is 0 Å². The second-order valence-corrected chi connectivity index (χ2v) is 5.85. The maximum Gasteiger partial charge on any atom is 0.253 e. The predicted molar refractivity (Wildman–Crippen MR) is 78.0 cm³/mol. The molecule has 110 valence electrons. The summed E-state index contributed by atoms with van der Waals surface area (Å²) in [7, 11) is 0. The molecule has 1 aliphatic rings. The van der Waals surface area contributed by atoms with Gasteiger partial charge in [-0.1, -0.05) is 25.1 Å². The number of rotatable bonds is 2. The summed E-state index contributed by atoms with van der Waals surface area (Å²) in [4.78, 5) is 14.3. The molecule has 1 aromatic carbocycles.